The molecule has 3 N–H and O–H groups in total. The Balaban J connectivity index is 1.91. The van der Waals surface area contributed by atoms with Gasteiger partial charge in [0, 0.05) is 24.4 Å². The van der Waals surface area contributed by atoms with Crippen LogP contribution >= 0.6 is 11.6 Å². The molecule has 6 nitrogen and oxygen atoms in total. The predicted octanol–water partition coefficient (Wildman–Crippen LogP) is 0.656. The summed E-state index contributed by atoms with van der Waals surface area (Å²) in [7, 11) is -2.99. The molecular weight excluding hydrogens is 326 g/mol. The molecule has 2 unspecified atom stereocenters. The summed E-state index contributed by atoms with van der Waals surface area (Å²) in [6.45, 7) is 0.861. The topological polar surface area (TPSA) is 87.3 Å². The Bertz CT molecular complexity index is 636. The summed E-state index contributed by atoms with van der Waals surface area (Å²) in [6, 6.07) is 7.22. The highest BCUT2D eigenvalue weighted by atomic mass is 35.5. The third-order valence-corrected chi connectivity index (χ3v) is 4.78. The standard InChI is InChI=1S/C14H20ClN3O3S/c1-22(20,21)7-3-6-16-14(19)12-9-17-18-13(12)10-4-2-5-11(15)8-10/h2,4-5,8,12-13,17-18H,3,6-7,9H2,1H3,(H,16,19). The van der Waals surface area contributed by atoms with Crippen LogP contribution in [0.5, 0.6) is 0 Å². The maximum absolute atomic E-state index is 12.3. The van der Waals surface area contributed by atoms with Crippen LogP contribution in [0, 0.1) is 5.92 Å². The Morgan fingerprint density at radius 2 is 2.23 bits per heavy atom. The molecule has 0 saturated carbocycles. The maximum Gasteiger partial charge on any atom is 0.226 e. The fourth-order valence-electron chi connectivity index (χ4n) is 2.43. The zero-order chi connectivity index (χ0) is 16.2. The van der Waals surface area contributed by atoms with Gasteiger partial charge in [-0.1, -0.05) is 23.7 Å². The molecule has 1 aliphatic heterocycles. The number of hydrazine groups is 1. The highest BCUT2D eigenvalue weighted by molar-refractivity contribution is 7.90. The van der Waals surface area contributed by atoms with Gasteiger partial charge in [0.25, 0.3) is 0 Å². The summed E-state index contributed by atoms with van der Waals surface area (Å²) in [5.74, 6) is -0.292. The summed E-state index contributed by atoms with van der Waals surface area (Å²) in [5.41, 5.74) is 7.01. The maximum atomic E-state index is 12.3. The second-order valence-electron chi connectivity index (χ2n) is 5.44. The van der Waals surface area contributed by atoms with E-state index in [-0.39, 0.29) is 23.6 Å². The number of sulfone groups is 1. The molecule has 0 aliphatic carbocycles. The molecule has 1 aromatic carbocycles. The highest BCUT2D eigenvalue weighted by Crippen LogP contribution is 2.26. The van der Waals surface area contributed by atoms with Gasteiger partial charge >= 0.3 is 0 Å². The van der Waals surface area contributed by atoms with Crippen LogP contribution in [0.25, 0.3) is 0 Å². The second-order valence-corrected chi connectivity index (χ2v) is 8.14. The Labute approximate surface area is 135 Å². The summed E-state index contributed by atoms with van der Waals surface area (Å²) in [5, 5.41) is 3.42. The van der Waals surface area contributed by atoms with Gasteiger partial charge in [-0.2, -0.15) is 0 Å². The van der Waals surface area contributed by atoms with E-state index in [9.17, 15) is 13.2 Å². The smallest absolute Gasteiger partial charge is 0.226 e. The number of rotatable bonds is 6. The predicted molar refractivity (Wildman–Crippen MR) is 86.2 cm³/mol. The van der Waals surface area contributed by atoms with Gasteiger partial charge < -0.3 is 5.32 Å². The van der Waals surface area contributed by atoms with Crippen molar-refractivity contribution in [1.29, 1.82) is 0 Å². The zero-order valence-electron chi connectivity index (χ0n) is 12.3. The van der Waals surface area contributed by atoms with E-state index < -0.39 is 9.84 Å². The molecule has 1 saturated heterocycles. The summed E-state index contributed by atoms with van der Waals surface area (Å²) >= 11 is 5.99. The molecule has 1 heterocycles. The molecule has 1 amide bonds. The van der Waals surface area contributed by atoms with Crippen molar-refractivity contribution in [3.63, 3.8) is 0 Å². The molecular formula is C14H20ClN3O3S. The minimum Gasteiger partial charge on any atom is -0.356 e. The lowest BCUT2D eigenvalue weighted by atomic mass is 9.94. The largest absolute Gasteiger partial charge is 0.356 e. The van der Waals surface area contributed by atoms with Gasteiger partial charge in [-0.25, -0.2) is 13.8 Å². The van der Waals surface area contributed by atoms with Gasteiger partial charge in [-0.15, -0.1) is 0 Å². The van der Waals surface area contributed by atoms with Crippen molar-refractivity contribution < 1.29 is 13.2 Å². The van der Waals surface area contributed by atoms with Crippen LogP contribution < -0.4 is 16.2 Å². The number of halogens is 1. The van der Waals surface area contributed by atoms with Crippen LogP contribution in [0.3, 0.4) is 0 Å². The lowest BCUT2D eigenvalue weighted by Gasteiger charge is -2.18. The van der Waals surface area contributed by atoms with Gasteiger partial charge in [0.1, 0.15) is 9.84 Å². The number of carbonyl (C=O) groups excluding carboxylic acids is 1. The minimum absolute atomic E-state index is 0.0756. The number of hydrogen-bond donors (Lipinski definition) is 3. The number of hydrogen-bond acceptors (Lipinski definition) is 5. The van der Waals surface area contributed by atoms with Gasteiger partial charge in [-0.3, -0.25) is 10.2 Å². The molecule has 0 bridgehead atoms. The summed E-state index contributed by atoms with van der Waals surface area (Å²) < 4.78 is 22.1. The average molecular weight is 346 g/mol. The van der Waals surface area contributed by atoms with E-state index in [4.69, 9.17) is 11.6 Å². The van der Waals surface area contributed by atoms with E-state index in [0.717, 1.165) is 5.56 Å². The number of nitrogens with one attached hydrogen (secondary N) is 3. The van der Waals surface area contributed by atoms with Gasteiger partial charge in [0.15, 0.2) is 0 Å². The molecule has 22 heavy (non-hydrogen) atoms. The van der Waals surface area contributed by atoms with Gasteiger partial charge in [0.05, 0.1) is 17.7 Å². The molecule has 1 aliphatic rings. The Kier molecular flexibility index (Phi) is 5.80. The lowest BCUT2D eigenvalue weighted by molar-refractivity contribution is -0.124. The van der Waals surface area contributed by atoms with Crippen LogP contribution in [-0.2, 0) is 14.6 Å². The van der Waals surface area contributed by atoms with Crippen LogP contribution in [0.2, 0.25) is 5.02 Å². The first-order chi connectivity index (χ1) is 10.4. The molecule has 8 heteroatoms. The van der Waals surface area contributed by atoms with Crippen molar-refractivity contribution in [2.24, 2.45) is 5.92 Å². The normalized spacial score (nSPS) is 21.7. The van der Waals surface area contributed by atoms with Gasteiger partial charge in [-0.05, 0) is 24.1 Å². The van der Waals surface area contributed by atoms with Crippen LogP contribution in [-0.4, -0.2) is 39.4 Å². The minimum atomic E-state index is -2.99. The summed E-state index contributed by atoms with van der Waals surface area (Å²) in [4.78, 5) is 12.3. The van der Waals surface area contributed by atoms with Crippen LogP contribution in [0.15, 0.2) is 24.3 Å². The first-order valence-electron chi connectivity index (χ1n) is 7.06. The fraction of sp³-hybridized carbons (Fsp3) is 0.500. The molecule has 1 fully saturated rings. The van der Waals surface area contributed by atoms with Gasteiger partial charge in [0.2, 0.25) is 5.91 Å². The molecule has 1 aromatic rings. The first-order valence-corrected chi connectivity index (χ1v) is 9.50. The number of benzene rings is 1. The van der Waals surface area contributed by atoms with Crippen LogP contribution in [0.1, 0.15) is 18.0 Å². The van der Waals surface area contributed by atoms with Crippen molar-refractivity contribution in [2.45, 2.75) is 12.5 Å². The fourth-order valence-corrected chi connectivity index (χ4v) is 3.30. The van der Waals surface area contributed by atoms with Crippen molar-refractivity contribution in [2.75, 3.05) is 25.1 Å². The highest BCUT2D eigenvalue weighted by Gasteiger charge is 2.33. The van der Waals surface area contributed by atoms with Crippen molar-refractivity contribution in [3.8, 4) is 0 Å². The third kappa shape index (κ3) is 4.95. The lowest BCUT2D eigenvalue weighted by Crippen LogP contribution is -2.36. The Hall–Kier alpha value is -1.15. The molecule has 0 aromatic heterocycles. The van der Waals surface area contributed by atoms with E-state index in [1.165, 1.54) is 6.26 Å². The van der Waals surface area contributed by atoms with E-state index >= 15 is 0 Å². The van der Waals surface area contributed by atoms with Crippen molar-refractivity contribution in [1.82, 2.24) is 16.2 Å². The SMILES string of the molecule is CS(=O)(=O)CCCNC(=O)C1CNNC1c1cccc(Cl)c1. The monoisotopic (exact) mass is 345 g/mol. The molecule has 0 spiro atoms. The first kappa shape index (κ1) is 17.2. The quantitative estimate of drug-likeness (QED) is 0.659. The Morgan fingerprint density at radius 1 is 1.45 bits per heavy atom. The number of amides is 1. The van der Waals surface area contributed by atoms with E-state index in [2.05, 4.69) is 16.2 Å². The molecule has 0 radical (unpaired) electrons. The third-order valence-electron chi connectivity index (χ3n) is 3.52. The second kappa shape index (κ2) is 7.41. The van der Waals surface area contributed by atoms with E-state index in [1.54, 1.807) is 6.07 Å². The molecule has 122 valence electrons. The van der Waals surface area contributed by atoms with Crippen molar-refractivity contribution >= 4 is 27.3 Å². The number of carbonyl (C=O) groups is 1. The Morgan fingerprint density at radius 3 is 2.91 bits per heavy atom. The molecule has 2 rings (SSSR count). The van der Waals surface area contributed by atoms with Crippen molar-refractivity contribution in [3.05, 3.63) is 34.9 Å². The average Bonchev–Trinajstić information content (AvgIpc) is 2.92. The summed E-state index contributed by atoms with van der Waals surface area (Å²) in [6.07, 6.45) is 1.61. The van der Waals surface area contributed by atoms with E-state index in [1.807, 2.05) is 18.2 Å². The zero-order valence-corrected chi connectivity index (χ0v) is 13.9. The van der Waals surface area contributed by atoms with Crippen LogP contribution in [0.4, 0.5) is 0 Å². The molecule has 2 atom stereocenters. The van der Waals surface area contributed by atoms with E-state index in [0.29, 0.717) is 24.5 Å².